The van der Waals surface area contributed by atoms with Crippen molar-refractivity contribution in [1.29, 1.82) is 0 Å². The molecule has 2 fully saturated rings. The molecule has 2 aromatic carbocycles. The molecule has 0 spiro atoms. The fourth-order valence-corrected chi connectivity index (χ4v) is 5.67. The van der Waals surface area contributed by atoms with Crippen molar-refractivity contribution < 1.29 is 23.1 Å². The third-order valence-corrected chi connectivity index (χ3v) is 7.98. The molecule has 2 aliphatic heterocycles. The molecule has 2 N–H and O–H groups in total. The molecule has 1 atom stereocenters. The molecule has 42 heavy (non-hydrogen) atoms. The molecule has 10 nitrogen and oxygen atoms in total. The Morgan fingerprint density at radius 3 is 2.57 bits per heavy atom. The van der Waals surface area contributed by atoms with E-state index in [1.54, 1.807) is 33.7 Å². The van der Waals surface area contributed by atoms with E-state index in [0.29, 0.717) is 54.6 Å². The number of carbonyl (C=O) groups excluding carboxylic acids is 2. The fourth-order valence-electron chi connectivity index (χ4n) is 5.41. The smallest absolute Gasteiger partial charge is 0.255 e. The second kappa shape index (κ2) is 11.5. The number of carbonyl (C=O) groups is 2. The number of imidazole rings is 1. The van der Waals surface area contributed by atoms with Gasteiger partial charge in [0, 0.05) is 49.8 Å². The van der Waals surface area contributed by atoms with Gasteiger partial charge in [0.05, 0.1) is 35.6 Å². The van der Waals surface area contributed by atoms with Crippen LogP contribution in [0.2, 0.25) is 5.02 Å². The Morgan fingerprint density at radius 2 is 1.86 bits per heavy atom. The SMILES string of the molecule is COc1ccc(-c2cnc3c(Nc4ccc(C(=O)N5CCN(C(=O)C6CCCN6)CC5)c(Cl)c4)nccn23)c(F)c1F. The average molecular weight is 596 g/mol. The summed E-state index contributed by atoms with van der Waals surface area (Å²) in [5, 5.41) is 6.63. The lowest BCUT2D eigenvalue weighted by Crippen LogP contribution is -2.54. The van der Waals surface area contributed by atoms with Crippen LogP contribution in [0.15, 0.2) is 48.9 Å². The molecule has 13 heteroatoms. The quantitative estimate of drug-likeness (QED) is 0.346. The lowest BCUT2D eigenvalue weighted by atomic mass is 10.1. The summed E-state index contributed by atoms with van der Waals surface area (Å²) < 4.78 is 35.6. The molecule has 4 aromatic rings. The largest absolute Gasteiger partial charge is 0.494 e. The molecule has 0 aliphatic carbocycles. The Hall–Kier alpha value is -4.29. The van der Waals surface area contributed by atoms with Gasteiger partial charge in [0.2, 0.25) is 11.7 Å². The third kappa shape index (κ3) is 5.12. The number of amides is 2. The number of hydrogen-bond acceptors (Lipinski definition) is 7. The van der Waals surface area contributed by atoms with E-state index in [2.05, 4.69) is 20.6 Å². The van der Waals surface area contributed by atoms with Crippen LogP contribution in [0.25, 0.3) is 16.9 Å². The first-order valence-electron chi connectivity index (χ1n) is 13.6. The number of fused-ring (bicyclic) bond motifs is 1. The number of hydrogen-bond donors (Lipinski definition) is 2. The van der Waals surface area contributed by atoms with E-state index in [0.717, 1.165) is 19.4 Å². The van der Waals surface area contributed by atoms with Gasteiger partial charge in [-0.25, -0.2) is 14.4 Å². The number of nitrogens with one attached hydrogen (secondary N) is 2. The highest BCUT2D eigenvalue weighted by molar-refractivity contribution is 6.34. The van der Waals surface area contributed by atoms with Crippen molar-refractivity contribution in [2.45, 2.75) is 18.9 Å². The first kappa shape index (κ1) is 27.9. The molecule has 1 unspecified atom stereocenters. The van der Waals surface area contributed by atoms with Gasteiger partial charge >= 0.3 is 0 Å². The van der Waals surface area contributed by atoms with Gasteiger partial charge in [-0.3, -0.25) is 14.0 Å². The van der Waals surface area contributed by atoms with Crippen LogP contribution < -0.4 is 15.4 Å². The van der Waals surface area contributed by atoms with Gasteiger partial charge in [0.1, 0.15) is 0 Å². The zero-order valence-corrected chi connectivity index (χ0v) is 23.5. The minimum absolute atomic E-state index is 0.0178. The topological polar surface area (TPSA) is 104 Å². The predicted molar refractivity (Wildman–Crippen MR) is 153 cm³/mol. The van der Waals surface area contributed by atoms with Crippen LogP contribution in [0.3, 0.4) is 0 Å². The van der Waals surface area contributed by atoms with Crippen LogP contribution in [0.4, 0.5) is 20.3 Å². The van der Waals surface area contributed by atoms with Crippen LogP contribution >= 0.6 is 11.6 Å². The van der Waals surface area contributed by atoms with Crippen molar-refractivity contribution in [3.63, 3.8) is 0 Å². The normalized spacial score (nSPS) is 17.1. The second-order valence-corrected chi connectivity index (χ2v) is 10.5. The molecule has 6 rings (SSSR count). The van der Waals surface area contributed by atoms with Crippen LogP contribution in [0.5, 0.6) is 5.75 Å². The molecular formula is C29H28ClF2N7O3. The zero-order chi connectivity index (χ0) is 29.4. The van der Waals surface area contributed by atoms with Gasteiger partial charge in [0.15, 0.2) is 23.0 Å². The van der Waals surface area contributed by atoms with Crippen molar-refractivity contribution in [3.8, 4) is 17.0 Å². The van der Waals surface area contributed by atoms with Gasteiger partial charge in [-0.2, -0.15) is 4.39 Å². The van der Waals surface area contributed by atoms with Crippen molar-refractivity contribution in [2.75, 3.05) is 45.2 Å². The number of anilines is 2. The van der Waals surface area contributed by atoms with E-state index < -0.39 is 11.6 Å². The van der Waals surface area contributed by atoms with Crippen LogP contribution in [0, 0.1) is 11.6 Å². The van der Waals surface area contributed by atoms with Gasteiger partial charge in [-0.05, 0) is 49.7 Å². The summed E-state index contributed by atoms with van der Waals surface area (Å²) in [5.41, 5.74) is 1.63. The first-order chi connectivity index (χ1) is 20.4. The summed E-state index contributed by atoms with van der Waals surface area (Å²) in [4.78, 5) is 38.2. The second-order valence-electron chi connectivity index (χ2n) is 10.1. The van der Waals surface area contributed by atoms with Gasteiger partial charge < -0.3 is 25.2 Å². The van der Waals surface area contributed by atoms with E-state index in [1.807, 2.05) is 4.90 Å². The Morgan fingerprint density at radius 1 is 1.07 bits per heavy atom. The van der Waals surface area contributed by atoms with Crippen molar-refractivity contribution in [3.05, 3.63) is 71.1 Å². The number of piperazine rings is 1. The number of halogens is 3. The van der Waals surface area contributed by atoms with E-state index in [4.69, 9.17) is 16.3 Å². The number of ether oxygens (including phenoxy) is 1. The summed E-state index contributed by atoms with van der Waals surface area (Å²) >= 11 is 6.55. The molecule has 218 valence electrons. The maximum atomic E-state index is 14.8. The molecular weight excluding hydrogens is 568 g/mol. The lowest BCUT2D eigenvalue weighted by molar-refractivity contribution is -0.134. The summed E-state index contributed by atoms with van der Waals surface area (Å²) in [5.74, 6) is -2.08. The Kier molecular flexibility index (Phi) is 7.65. The summed E-state index contributed by atoms with van der Waals surface area (Å²) in [6, 6.07) is 7.62. The van der Waals surface area contributed by atoms with Gasteiger partial charge in [-0.15, -0.1) is 0 Å². The average Bonchev–Trinajstić information content (AvgIpc) is 3.70. The van der Waals surface area contributed by atoms with Crippen molar-refractivity contribution >= 4 is 40.6 Å². The number of methoxy groups -OCH3 is 1. The number of benzene rings is 2. The molecule has 2 saturated heterocycles. The van der Waals surface area contributed by atoms with E-state index in [-0.39, 0.29) is 34.2 Å². The highest BCUT2D eigenvalue weighted by Gasteiger charge is 2.31. The van der Waals surface area contributed by atoms with Crippen molar-refractivity contribution in [1.82, 2.24) is 29.5 Å². The third-order valence-electron chi connectivity index (χ3n) is 7.67. The standard InChI is InChI=1S/C29H28ClF2N7O3/c1-42-23-7-6-19(24(31)25(23)32)22-16-35-27-26(34-9-10-39(22)27)36-17-4-5-18(20(30)15-17)28(40)37-11-13-38(14-12-37)29(41)21-3-2-8-33-21/h4-7,9-10,15-16,21,33H,2-3,8,11-14H2,1H3,(H,34,36). The minimum Gasteiger partial charge on any atom is -0.494 e. The zero-order valence-electron chi connectivity index (χ0n) is 22.7. The summed E-state index contributed by atoms with van der Waals surface area (Å²) in [7, 11) is 1.27. The number of rotatable bonds is 6. The highest BCUT2D eigenvalue weighted by Crippen LogP contribution is 2.32. The Labute approximate surface area is 245 Å². The van der Waals surface area contributed by atoms with E-state index >= 15 is 0 Å². The van der Waals surface area contributed by atoms with Gasteiger partial charge in [-0.1, -0.05) is 11.6 Å². The van der Waals surface area contributed by atoms with Crippen molar-refractivity contribution in [2.24, 2.45) is 0 Å². The molecule has 2 aliphatic rings. The maximum absolute atomic E-state index is 14.8. The molecule has 0 radical (unpaired) electrons. The molecule has 4 heterocycles. The molecule has 2 aromatic heterocycles. The maximum Gasteiger partial charge on any atom is 0.255 e. The Bertz CT molecular complexity index is 1670. The molecule has 0 saturated carbocycles. The number of nitrogens with zero attached hydrogens (tertiary/aromatic N) is 5. The first-order valence-corrected chi connectivity index (χ1v) is 14.0. The van der Waals surface area contributed by atoms with E-state index in [9.17, 15) is 18.4 Å². The summed E-state index contributed by atoms with van der Waals surface area (Å²) in [6.07, 6.45) is 6.37. The summed E-state index contributed by atoms with van der Waals surface area (Å²) in [6.45, 7) is 2.68. The fraction of sp³-hybridized carbons (Fsp3) is 0.310. The molecule has 2 amide bonds. The monoisotopic (exact) mass is 595 g/mol. The van der Waals surface area contributed by atoms with Crippen LogP contribution in [-0.4, -0.2) is 81.9 Å². The minimum atomic E-state index is -1.08. The highest BCUT2D eigenvalue weighted by atomic mass is 35.5. The van der Waals surface area contributed by atoms with Gasteiger partial charge in [0.25, 0.3) is 5.91 Å². The van der Waals surface area contributed by atoms with E-state index in [1.165, 1.54) is 31.6 Å². The lowest BCUT2D eigenvalue weighted by Gasteiger charge is -2.36. The predicted octanol–water partition coefficient (Wildman–Crippen LogP) is 4.12. The Balaban J connectivity index is 1.16. The van der Waals surface area contributed by atoms with Crippen LogP contribution in [0.1, 0.15) is 23.2 Å². The number of aromatic nitrogens is 3. The molecule has 0 bridgehead atoms. The van der Waals surface area contributed by atoms with Crippen LogP contribution in [-0.2, 0) is 4.79 Å².